The van der Waals surface area contributed by atoms with E-state index in [-0.39, 0.29) is 12.0 Å². The summed E-state index contributed by atoms with van der Waals surface area (Å²) in [5.74, 6) is -1.36. The van der Waals surface area contributed by atoms with Crippen LogP contribution in [0.1, 0.15) is 28.2 Å². The van der Waals surface area contributed by atoms with Crippen LogP contribution in [-0.4, -0.2) is 52.1 Å². The van der Waals surface area contributed by atoms with E-state index in [1.54, 1.807) is 13.2 Å². The maximum atomic E-state index is 12.3. The van der Waals surface area contributed by atoms with E-state index in [1.165, 1.54) is 23.5 Å². The summed E-state index contributed by atoms with van der Waals surface area (Å²) in [5, 5.41) is 9.40. The highest BCUT2D eigenvalue weighted by Gasteiger charge is 2.55. The molecule has 0 aromatic carbocycles. The minimum Gasteiger partial charge on any atom is -0.479 e. The Hall–Kier alpha value is -1.47. The number of likely N-dealkylation sites (N-methyl/N-ethyl adjacent to an activating group) is 1. The highest BCUT2D eigenvalue weighted by molar-refractivity contribution is 7.05. The van der Waals surface area contributed by atoms with Crippen molar-refractivity contribution in [3.05, 3.63) is 16.6 Å². The quantitative estimate of drug-likeness (QED) is 0.897. The summed E-state index contributed by atoms with van der Waals surface area (Å²) in [7, 11) is 3.05. The molecule has 1 fully saturated rings. The lowest BCUT2D eigenvalue weighted by atomic mass is 9.73. The van der Waals surface area contributed by atoms with Crippen LogP contribution in [-0.2, 0) is 9.53 Å². The minimum atomic E-state index is -1.17. The van der Waals surface area contributed by atoms with Crippen molar-refractivity contribution in [3.8, 4) is 0 Å². The Morgan fingerprint density at radius 2 is 2.21 bits per heavy atom. The Labute approximate surface area is 115 Å². The second-order valence-electron chi connectivity index (χ2n) is 4.79. The van der Waals surface area contributed by atoms with Crippen LogP contribution < -0.4 is 0 Å². The average molecular weight is 284 g/mol. The molecule has 0 aliphatic heterocycles. The first-order valence-corrected chi connectivity index (χ1v) is 6.65. The van der Waals surface area contributed by atoms with Gasteiger partial charge >= 0.3 is 5.97 Å². The predicted molar refractivity (Wildman–Crippen MR) is 69.3 cm³/mol. The maximum absolute atomic E-state index is 12.3. The Kier molecular flexibility index (Phi) is 3.60. The predicted octanol–water partition coefficient (Wildman–Crippen LogP) is 1.16. The van der Waals surface area contributed by atoms with Gasteiger partial charge in [-0.3, -0.25) is 4.79 Å². The van der Waals surface area contributed by atoms with Crippen LogP contribution in [0, 0.1) is 6.92 Å². The standard InChI is InChI=1S/C12H16N2O4S/c1-7-4-9(13-19-7)10(15)14(2)12(11(16)17)5-8(6-12)18-3/h4,8H,5-6H2,1-3H3,(H,16,17). The smallest absolute Gasteiger partial charge is 0.329 e. The Morgan fingerprint density at radius 1 is 1.58 bits per heavy atom. The molecule has 0 atom stereocenters. The number of hydrogen-bond acceptors (Lipinski definition) is 5. The molecule has 0 radical (unpaired) electrons. The third kappa shape index (κ3) is 2.23. The topological polar surface area (TPSA) is 79.7 Å². The highest BCUT2D eigenvalue weighted by Crippen LogP contribution is 2.39. The summed E-state index contributed by atoms with van der Waals surface area (Å²) in [6.45, 7) is 1.85. The number of hydrogen-bond donors (Lipinski definition) is 1. The van der Waals surface area contributed by atoms with Crippen LogP contribution in [0.3, 0.4) is 0 Å². The van der Waals surface area contributed by atoms with Gasteiger partial charge in [0.1, 0.15) is 11.2 Å². The number of ether oxygens (including phenoxy) is 1. The molecule has 19 heavy (non-hydrogen) atoms. The Balaban J connectivity index is 2.19. The molecule has 1 aliphatic carbocycles. The van der Waals surface area contributed by atoms with Crippen molar-refractivity contribution in [1.82, 2.24) is 9.27 Å². The summed E-state index contributed by atoms with van der Waals surface area (Å²) < 4.78 is 9.15. The molecule has 104 valence electrons. The lowest BCUT2D eigenvalue weighted by Gasteiger charge is -2.48. The fourth-order valence-electron chi connectivity index (χ4n) is 2.29. The van der Waals surface area contributed by atoms with E-state index in [1.807, 2.05) is 6.92 Å². The van der Waals surface area contributed by atoms with Crippen molar-refractivity contribution in [1.29, 1.82) is 0 Å². The van der Waals surface area contributed by atoms with E-state index in [0.717, 1.165) is 4.88 Å². The molecule has 1 aromatic heterocycles. The first kappa shape index (κ1) is 14.0. The van der Waals surface area contributed by atoms with Crippen molar-refractivity contribution < 1.29 is 19.4 Å². The molecule has 1 N–H and O–H groups in total. The monoisotopic (exact) mass is 284 g/mol. The minimum absolute atomic E-state index is 0.108. The molecule has 1 heterocycles. The van der Waals surface area contributed by atoms with Crippen molar-refractivity contribution >= 4 is 23.4 Å². The van der Waals surface area contributed by atoms with Crippen molar-refractivity contribution in [2.45, 2.75) is 31.4 Å². The molecular weight excluding hydrogens is 268 g/mol. The third-order valence-corrected chi connectivity index (χ3v) is 4.35. The van der Waals surface area contributed by atoms with Gasteiger partial charge in [-0.25, -0.2) is 4.79 Å². The van der Waals surface area contributed by atoms with E-state index in [0.29, 0.717) is 18.5 Å². The van der Waals surface area contributed by atoms with Crippen LogP contribution in [0.5, 0.6) is 0 Å². The Morgan fingerprint density at radius 3 is 2.63 bits per heavy atom. The van der Waals surface area contributed by atoms with Crippen LogP contribution in [0.15, 0.2) is 6.07 Å². The summed E-state index contributed by atoms with van der Waals surface area (Å²) >= 11 is 1.23. The SMILES string of the molecule is COC1CC(C(=O)O)(N(C)C(=O)c2cc(C)sn2)C1. The first-order chi connectivity index (χ1) is 8.90. The molecule has 1 saturated carbocycles. The highest BCUT2D eigenvalue weighted by atomic mass is 32.1. The van der Waals surface area contributed by atoms with Gasteiger partial charge in [0.2, 0.25) is 0 Å². The Bertz CT molecular complexity index is 508. The van der Waals surface area contributed by atoms with Crippen molar-refractivity contribution in [2.75, 3.05) is 14.2 Å². The molecule has 1 aliphatic rings. The molecule has 0 spiro atoms. The normalized spacial score (nSPS) is 25.7. The van der Waals surface area contributed by atoms with Crippen molar-refractivity contribution in [3.63, 3.8) is 0 Å². The van der Waals surface area contributed by atoms with Crippen LogP contribution >= 0.6 is 11.5 Å². The molecule has 7 heteroatoms. The molecule has 1 aromatic rings. The van der Waals surface area contributed by atoms with E-state index in [9.17, 15) is 14.7 Å². The van der Waals surface area contributed by atoms with Crippen molar-refractivity contribution in [2.24, 2.45) is 0 Å². The molecule has 6 nitrogen and oxygen atoms in total. The molecule has 2 rings (SSSR count). The number of carboxylic acid groups (broad SMARTS) is 1. The van der Waals surface area contributed by atoms with E-state index in [4.69, 9.17) is 4.74 Å². The molecule has 0 saturated heterocycles. The first-order valence-electron chi connectivity index (χ1n) is 5.88. The van der Waals surface area contributed by atoms with Crippen LogP contribution in [0.4, 0.5) is 0 Å². The zero-order valence-electron chi connectivity index (χ0n) is 11.0. The van der Waals surface area contributed by atoms with Gasteiger partial charge in [0.05, 0.1) is 6.10 Å². The fourth-order valence-corrected chi connectivity index (χ4v) is 2.82. The third-order valence-electron chi connectivity index (χ3n) is 3.66. The van der Waals surface area contributed by atoms with Gasteiger partial charge in [-0.05, 0) is 24.5 Å². The molecule has 0 unspecified atom stereocenters. The average Bonchev–Trinajstić information content (AvgIpc) is 2.73. The number of carbonyl (C=O) groups is 2. The number of carbonyl (C=O) groups excluding carboxylic acids is 1. The van der Waals surface area contributed by atoms with Crippen LogP contribution in [0.25, 0.3) is 0 Å². The fraction of sp³-hybridized carbons (Fsp3) is 0.583. The van der Waals surface area contributed by atoms with E-state index < -0.39 is 11.5 Å². The summed E-state index contributed by atoms with van der Waals surface area (Å²) in [6, 6.07) is 1.67. The summed E-state index contributed by atoms with van der Waals surface area (Å²) in [4.78, 5) is 25.9. The molecular formula is C12H16N2O4S. The number of aliphatic carboxylic acids is 1. The van der Waals surface area contributed by atoms with Gasteiger partial charge in [-0.1, -0.05) is 0 Å². The zero-order valence-corrected chi connectivity index (χ0v) is 11.9. The van der Waals surface area contributed by atoms with Crippen LogP contribution in [0.2, 0.25) is 0 Å². The number of aryl methyl sites for hydroxylation is 1. The molecule has 1 amide bonds. The molecule has 0 bridgehead atoms. The second-order valence-corrected chi connectivity index (χ2v) is 5.80. The van der Waals surface area contributed by atoms with Gasteiger partial charge in [-0.15, -0.1) is 0 Å². The van der Waals surface area contributed by atoms with Gasteiger partial charge in [-0.2, -0.15) is 4.37 Å². The summed E-state index contributed by atoms with van der Waals surface area (Å²) in [6.07, 6.45) is 0.512. The lowest BCUT2D eigenvalue weighted by Crippen LogP contribution is -2.65. The van der Waals surface area contributed by atoms with Gasteiger partial charge in [0, 0.05) is 31.9 Å². The number of rotatable bonds is 4. The number of nitrogens with zero attached hydrogens (tertiary/aromatic N) is 2. The van der Waals surface area contributed by atoms with Gasteiger partial charge in [0.25, 0.3) is 5.91 Å². The number of carboxylic acids is 1. The zero-order chi connectivity index (χ0) is 14.2. The van der Waals surface area contributed by atoms with Gasteiger partial charge < -0.3 is 14.7 Å². The van der Waals surface area contributed by atoms with E-state index in [2.05, 4.69) is 4.37 Å². The van der Waals surface area contributed by atoms with Gasteiger partial charge in [0.15, 0.2) is 0 Å². The largest absolute Gasteiger partial charge is 0.479 e. The maximum Gasteiger partial charge on any atom is 0.329 e. The summed E-state index contributed by atoms with van der Waals surface area (Å²) in [5.41, 5.74) is -0.874. The number of methoxy groups -OCH3 is 1. The number of aromatic nitrogens is 1. The number of amides is 1. The lowest BCUT2D eigenvalue weighted by molar-refractivity contribution is -0.165. The second kappa shape index (κ2) is 4.90. The van der Waals surface area contributed by atoms with E-state index >= 15 is 0 Å².